The lowest BCUT2D eigenvalue weighted by atomic mass is 10.1. The van der Waals surface area contributed by atoms with Gasteiger partial charge in [0.1, 0.15) is 5.82 Å². The lowest BCUT2D eigenvalue weighted by Crippen LogP contribution is -2.15. The molecule has 0 unspecified atom stereocenters. The number of pyridine rings is 1. The molecule has 2 aromatic carbocycles. The van der Waals surface area contributed by atoms with Crippen LogP contribution < -0.4 is 5.56 Å². The van der Waals surface area contributed by atoms with Crippen LogP contribution in [0.1, 0.15) is 5.56 Å². The Labute approximate surface area is 137 Å². The number of H-pyrrole nitrogens is 1. The van der Waals surface area contributed by atoms with E-state index in [2.05, 4.69) is 10.1 Å². The van der Waals surface area contributed by atoms with Crippen LogP contribution in [0, 0.1) is 5.82 Å². The number of alkyl halides is 3. The molecule has 4 nitrogen and oxygen atoms in total. The number of aromatic amines is 1. The van der Waals surface area contributed by atoms with Gasteiger partial charge in [-0.2, -0.15) is 13.2 Å². The van der Waals surface area contributed by atoms with Crippen molar-refractivity contribution < 1.29 is 17.6 Å². The van der Waals surface area contributed by atoms with Crippen LogP contribution in [0.2, 0.25) is 0 Å². The summed E-state index contributed by atoms with van der Waals surface area (Å²) in [5.74, 6) is -0.432. The van der Waals surface area contributed by atoms with Crippen molar-refractivity contribution >= 4 is 21.8 Å². The van der Waals surface area contributed by atoms with Crippen LogP contribution in [0.25, 0.3) is 27.5 Å². The van der Waals surface area contributed by atoms with Gasteiger partial charge < -0.3 is 0 Å². The maximum Gasteiger partial charge on any atom is 0.416 e. The quantitative estimate of drug-likeness (QED) is 0.529. The van der Waals surface area contributed by atoms with Gasteiger partial charge in [-0.25, -0.2) is 14.1 Å². The average molecular weight is 347 g/mol. The second kappa shape index (κ2) is 5.17. The van der Waals surface area contributed by atoms with E-state index in [-0.39, 0.29) is 11.2 Å². The van der Waals surface area contributed by atoms with Crippen molar-refractivity contribution in [3.8, 4) is 5.69 Å². The minimum atomic E-state index is -4.45. The lowest BCUT2D eigenvalue weighted by Gasteiger charge is -2.07. The number of benzene rings is 2. The van der Waals surface area contributed by atoms with Crippen LogP contribution in [0.4, 0.5) is 17.6 Å². The van der Waals surface area contributed by atoms with Gasteiger partial charge >= 0.3 is 6.18 Å². The summed E-state index contributed by atoms with van der Waals surface area (Å²) in [5.41, 5.74) is -0.548. The lowest BCUT2D eigenvalue weighted by molar-refractivity contribution is -0.137. The van der Waals surface area contributed by atoms with Crippen LogP contribution in [0.15, 0.2) is 53.5 Å². The summed E-state index contributed by atoms with van der Waals surface area (Å²) in [6.45, 7) is 0. The molecule has 4 aromatic rings. The zero-order valence-electron chi connectivity index (χ0n) is 12.4. The van der Waals surface area contributed by atoms with E-state index in [1.165, 1.54) is 36.5 Å². The average Bonchev–Trinajstić information content (AvgIpc) is 2.91. The van der Waals surface area contributed by atoms with Gasteiger partial charge in [-0.15, -0.1) is 0 Å². The number of hydrogen-bond donors (Lipinski definition) is 1. The van der Waals surface area contributed by atoms with E-state index in [4.69, 9.17) is 0 Å². The van der Waals surface area contributed by atoms with Crippen LogP contribution in [-0.2, 0) is 6.18 Å². The molecule has 0 aliphatic heterocycles. The predicted octanol–water partition coefficient (Wildman–Crippen LogP) is 4.02. The number of hydrogen-bond acceptors (Lipinski definition) is 2. The van der Waals surface area contributed by atoms with Gasteiger partial charge in [0.25, 0.3) is 5.56 Å². The van der Waals surface area contributed by atoms with Crippen molar-refractivity contribution in [3.63, 3.8) is 0 Å². The second-order valence-corrected chi connectivity index (χ2v) is 5.51. The van der Waals surface area contributed by atoms with Crippen molar-refractivity contribution in [2.75, 3.05) is 0 Å². The zero-order valence-corrected chi connectivity index (χ0v) is 12.4. The Bertz CT molecular complexity index is 1160. The first kappa shape index (κ1) is 15.4. The maximum absolute atomic E-state index is 13.3. The first-order chi connectivity index (χ1) is 11.8. The van der Waals surface area contributed by atoms with E-state index in [0.717, 1.165) is 16.8 Å². The molecule has 0 fully saturated rings. The molecule has 25 heavy (non-hydrogen) atoms. The van der Waals surface area contributed by atoms with Gasteiger partial charge in [0.15, 0.2) is 5.52 Å². The van der Waals surface area contributed by atoms with E-state index in [1.54, 1.807) is 0 Å². The summed E-state index contributed by atoms with van der Waals surface area (Å²) in [4.78, 5) is 16.5. The first-order valence-corrected chi connectivity index (χ1v) is 7.21. The van der Waals surface area contributed by atoms with Gasteiger partial charge in [0.05, 0.1) is 16.8 Å². The molecule has 0 aliphatic rings. The van der Waals surface area contributed by atoms with Crippen LogP contribution in [-0.4, -0.2) is 14.8 Å². The van der Waals surface area contributed by atoms with Crippen molar-refractivity contribution in [2.24, 2.45) is 0 Å². The highest BCUT2D eigenvalue weighted by atomic mass is 19.4. The molecule has 8 heteroatoms. The Balaban J connectivity index is 1.92. The van der Waals surface area contributed by atoms with E-state index in [0.29, 0.717) is 16.3 Å². The number of nitrogens with one attached hydrogen (secondary N) is 1. The molecular formula is C17H9F4N3O. The fraction of sp³-hybridized carbons (Fsp3) is 0.0588. The van der Waals surface area contributed by atoms with E-state index < -0.39 is 23.1 Å². The standard InChI is InChI=1S/C17H9F4N3O/c18-11-3-6-13-9(7-11)8-22-15-14(13)23-24(16(15)25)12-4-1-10(2-5-12)17(19,20)21/h1-8,23H. The van der Waals surface area contributed by atoms with Gasteiger partial charge in [-0.3, -0.25) is 9.89 Å². The molecule has 0 amide bonds. The number of aromatic nitrogens is 3. The van der Waals surface area contributed by atoms with E-state index in [1.807, 2.05) is 0 Å². The van der Waals surface area contributed by atoms with Gasteiger partial charge in [-0.05, 0) is 42.5 Å². The first-order valence-electron chi connectivity index (χ1n) is 7.21. The highest BCUT2D eigenvalue weighted by molar-refractivity contribution is 6.02. The monoisotopic (exact) mass is 347 g/mol. The number of fused-ring (bicyclic) bond motifs is 3. The van der Waals surface area contributed by atoms with Crippen molar-refractivity contribution in [2.45, 2.75) is 6.18 Å². The van der Waals surface area contributed by atoms with Gasteiger partial charge in [0, 0.05) is 17.0 Å². The minimum absolute atomic E-state index is 0.124. The SMILES string of the molecule is O=c1c2ncc3cc(F)ccc3c2[nH]n1-c1ccc(C(F)(F)F)cc1. The van der Waals surface area contributed by atoms with E-state index >= 15 is 0 Å². The Kier molecular flexibility index (Phi) is 3.18. The molecule has 0 bridgehead atoms. The molecule has 0 spiro atoms. The van der Waals surface area contributed by atoms with Crippen molar-refractivity contribution in [1.29, 1.82) is 0 Å². The number of halogens is 4. The maximum atomic E-state index is 13.3. The summed E-state index contributed by atoms with van der Waals surface area (Å²) >= 11 is 0. The molecule has 0 saturated heterocycles. The largest absolute Gasteiger partial charge is 0.416 e. The third-order valence-corrected chi connectivity index (χ3v) is 3.93. The fourth-order valence-electron chi connectivity index (χ4n) is 2.72. The Hall–Kier alpha value is -3.16. The van der Waals surface area contributed by atoms with Crippen molar-refractivity contribution in [3.05, 3.63) is 70.4 Å². The highest BCUT2D eigenvalue weighted by Crippen LogP contribution is 2.29. The molecular weight excluding hydrogens is 338 g/mol. The highest BCUT2D eigenvalue weighted by Gasteiger charge is 2.30. The molecule has 0 atom stereocenters. The molecule has 4 rings (SSSR count). The Morgan fingerprint density at radius 1 is 1.04 bits per heavy atom. The van der Waals surface area contributed by atoms with Crippen LogP contribution >= 0.6 is 0 Å². The van der Waals surface area contributed by atoms with Gasteiger partial charge in [-0.1, -0.05) is 0 Å². The third kappa shape index (κ3) is 2.46. The Morgan fingerprint density at radius 3 is 2.44 bits per heavy atom. The molecule has 126 valence electrons. The normalized spacial score (nSPS) is 12.2. The zero-order chi connectivity index (χ0) is 17.8. The third-order valence-electron chi connectivity index (χ3n) is 3.93. The van der Waals surface area contributed by atoms with Gasteiger partial charge in [0.2, 0.25) is 0 Å². The summed E-state index contributed by atoms with van der Waals surface area (Å²) < 4.78 is 52.4. The summed E-state index contributed by atoms with van der Waals surface area (Å²) in [6, 6.07) is 8.25. The predicted molar refractivity (Wildman–Crippen MR) is 84.2 cm³/mol. The summed E-state index contributed by atoms with van der Waals surface area (Å²) in [7, 11) is 0. The molecule has 2 heterocycles. The van der Waals surface area contributed by atoms with Crippen molar-refractivity contribution in [1.82, 2.24) is 14.8 Å². The molecule has 0 radical (unpaired) electrons. The van der Waals surface area contributed by atoms with E-state index in [9.17, 15) is 22.4 Å². The topological polar surface area (TPSA) is 50.7 Å². The molecule has 0 aliphatic carbocycles. The number of nitrogens with zero attached hydrogens (tertiary/aromatic N) is 2. The van der Waals surface area contributed by atoms with Crippen LogP contribution in [0.3, 0.4) is 0 Å². The number of rotatable bonds is 1. The fourth-order valence-corrected chi connectivity index (χ4v) is 2.72. The summed E-state index contributed by atoms with van der Waals surface area (Å²) in [6.07, 6.45) is -3.07. The molecule has 2 aromatic heterocycles. The smallest absolute Gasteiger partial charge is 0.288 e. The molecule has 0 saturated carbocycles. The second-order valence-electron chi connectivity index (χ2n) is 5.51. The Morgan fingerprint density at radius 2 is 1.76 bits per heavy atom. The molecule has 1 N–H and O–H groups in total. The van der Waals surface area contributed by atoms with Crippen LogP contribution in [0.5, 0.6) is 0 Å². The minimum Gasteiger partial charge on any atom is -0.288 e. The summed E-state index contributed by atoms with van der Waals surface area (Å²) in [5, 5.41) is 3.94.